The highest BCUT2D eigenvalue weighted by molar-refractivity contribution is 5.89. The summed E-state index contributed by atoms with van der Waals surface area (Å²) in [6.45, 7) is 6.62. The molecule has 2 aliphatic heterocycles. The van der Waals surface area contributed by atoms with Crippen LogP contribution in [-0.2, 0) is 16.0 Å². The quantitative estimate of drug-likeness (QED) is 0.391. The SMILES string of the molecule is O=C(O)C=CC(=O)O.c1ccc(N2CCN(CCCCNC3=Nc4ccccc4CC3)CC2)nc1. The summed E-state index contributed by atoms with van der Waals surface area (Å²) in [5.41, 5.74) is 2.50. The van der Waals surface area contributed by atoms with Gasteiger partial charge in [-0.3, -0.25) is 4.90 Å². The number of benzene rings is 1. The molecular weight excluding hydrogens is 446 g/mol. The van der Waals surface area contributed by atoms with Gasteiger partial charge in [-0.25, -0.2) is 19.6 Å². The molecule has 0 amide bonds. The summed E-state index contributed by atoms with van der Waals surface area (Å²) in [4.78, 5) is 33.3. The zero-order valence-electron chi connectivity index (χ0n) is 19.8. The molecule has 0 atom stereocenters. The maximum atomic E-state index is 9.55. The van der Waals surface area contributed by atoms with Gasteiger partial charge in [0.2, 0.25) is 0 Å². The van der Waals surface area contributed by atoms with E-state index in [1.54, 1.807) is 0 Å². The molecule has 2 aliphatic rings. The highest BCUT2D eigenvalue weighted by Crippen LogP contribution is 2.24. The van der Waals surface area contributed by atoms with Crippen molar-refractivity contribution >= 4 is 29.3 Å². The zero-order valence-corrected chi connectivity index (χ0v) is 19.8. The molecule has 0 unspecified atom stereocenters. The predicted octanol–water partition coefficient (Wildman–Crippen LogP) is 2.96. The van der Waals surface area contributed by atoms with Crippen molar-refractivity contribution in [2.45, 2.75) is 25.7 Å². The molecule has 3 N–H and O–H groups in total. The van der Waals surface area contributed by atoms with Crippen LogP contribution in [0, 0.1) is 0 Å². The number of aryl methyl sites for hydroxylation is 1. The van der Waals surface area contributed by atoms with E-state index >= 15 is 0 Å². The fourth-order valence-corrected chi connectivity index (χ4v) is 3.99. The number of hydrogen-bond donors (Lipinski definition) is 3. The van der Waals surface area contributed by atoms with Crippen LogP contribution < -0.4 is 10.2 Å². The second kappa shape index (κ2) is 13.9. The number of fused-ring (bicyclic) bond motifs is 1. The van der Waals surface area contributed by atoms with Crippen molar-refractivity contribution in [1.29, 1.82) is 0 Å². The average Bonchev–Trinajstić information content (AvgIpc) is 2.88. The van der Waals surface area contributed by atoms with E-state index in [0.717, 1.165) is 62.9 Å². The second-order valence-corrected chi connectivity index (χ2v) is 8.35. The molecule has 35 heavy (non-hydrogen) atoms. The molecule has 186 valence electrons. The molecule has 3 heterocycles. The largest absolute Gasteiger partial charge is 0.478 e. The lowest BCUT2D eigenvalue weighted by molar-refractivity contribution is -0.134. The number of hydrogen-bond acceptors (Lipinski definition) is 7. The summed E-state index contributed by atoms with van der Waals surface area (Å²) in [5.74, 6) is -0.256. The molecule has 0 radical (unpaired) electrons. The van der Waals surface area contributed by atoms with E-state index in [4.69, 9.17) is 15.2 Å². The van der Waals surface area contributed by atoms with Gasteiger partial charge in [0.05, 0.1) is 5.69 Å². The molecule has 1 aromatic carbocycles. The number of rotatable bonds is 8. The topological polar surface area (TPSA) is 118 Å². The van der Waals surface area contributed by atoms with Gasteiger partial charge in [-0.2, -0.15) is 0 Å². The third-order valence-corrected chi connectivity index (χ3v) is 5.82. The summed E-state index contributed by atoms with van der Waals surface area (Å²) >= 11 is 0. The summed E-state index contributed by atoms with van der Waals surface area (Å²) < 4.78 is 0. The second-order valence-electron chi connectivity index (χ2n) is 8.35. The fourth-order valence-electron chi connectivity index (χ4n) is 3.99. The first-order valence-electron chi connectivity index (χ1n) is 11.9. The molecule has 0 aliphatic carbocycles. The molecule has 0 bridgehead atoms. The van der Waals surface area contributed by atoms with Crippen molar-refractivity contribution in [2.24, 2.45) is 4.99 Å². The molecule has 1 saturated heterocycles. The molecule has 9 nitrogen and oxygen atoms in total. The number of unbranched alkanes of at least 4 members (excludes halogenated alkanes) is 1. The molecule has 0 saturated carbocycles. The number of carbonyl (C=O) groups is 2. The van der Waals surface area contributed by atoms with E-state index in [2.05, 4.69) is 56.5 Å². The van der Waals surface area contributed by atoms with Gasteiger partial charge in [0.15, 0.2) is 0 Å². The van der Waals surface area contributed by atoms with E-state index in [1.807, 2.05) is 12.3 Å². The zero-order chi connectivity index (χ0) is 24.9. The Balaban J connectivity index is 0.000000371. The van der Waals surface area contributed by atoms with Crippen molar-refractivity contribution in [3.8, 4) is 0 Å². The minimum atomic E-state index is -1.26. The van der Waals surface area contributed by atoms with Gasteiger partial charge in [-0.05, 0) is 49.6 Å². The molecule has 0 spiro atoms. The van der Waals surface area contributed by atoms with Crippen molar-refractivity contribution in [3.05, 3.63) is 66.4 Å². The Labute approximate surface area is 205 Å². The first kappa shape index (κ1) is 25.9. The number of aliphatic carboxylic acids is 2. The Morgan fingerprint density at radius 1 is 0.914 bits per heavy atom. The van der Waals surface area contributed by atoms with E-state index in [9.17, 15) is 9.59 Å². The number of carboxylic acid groups (broad SMARTS) is 2. The van der Waals surface area contributed by atoms with Crippen molar-refractivity contribution in [1.82, 2.24) is 15.2 Å². The summed E-state index contributed by atoms with van der Waals surface area (Å²) in [7, 11) is 0. The van der Waals surface area contributed by atoms with E-state index in [-0.39, 0.29) is 0 Å². The number of piperazine rings is 1. The monoisotopic (exact) mass is 479 g/mol. The van der Waals surface area contributed by atoms with Gasteiger partial charge in [0, 0.05) is 57.5 Å². The Morgan fingerprint density at radius 2 is 1.63 bits per heavy atom. The Hall–Kier alpha value is -3.72. The number of aliphatic imine (C=N–C) groups is 1. The predicted molar refractivity (Wildman–Crippen MR) is 136 cm³/mol. The lowest BCUT2D eigenvalue weighted by atomic mass is 10.0. The maximum Gasteiger partial charge on any atom is 0.328 e. The molecule has 9 heteroatoms. The first-order chi connectivity index (χ1) is 17.0. The number of para-hydroxylation sites is 1. The van der Waals surface area contributed by atoms with E-state index in [0.29, 0.717) is 12.2 Å². The van der Waals surface area contributed by atoms with Crippen LogP contribution in [0.2, 0.25) is 0 Å². The minimum Gasteiger partial charge on any atom is -0.478 e. The van der Waals surface area contributed by atoms with Crippen LogP contribution >= 0.6 is 0 Å². The third-order valence-electron chi connectivity index (χ3n) is 5.82. The molecule has 2 aromatic rings. The number of aromatic nitrogens is 1. The van der Waals surface area contributed by atoms with Gasteiger partial charge in [0.25, 0.3) is 0 Å². The van der Waals surface area contributed by atoms with Crippen LogP contribution in [0.25, 0.3) is 0 Å². The van der Waals surface area contributed by atoms with Crippen molar-refractivity contribution in [3.63, 3.8) is 0 Å². The van der Waals surface area contributed by atoms with Gasteiger partial charge in [-0.1, -0.05) is 24.3 Å². The smallest absolute Gasteiger partial charge is 0.328 e. The average molecular weight is 480 g/mol. The van der Waals surface area contributed by atoms with E-state index < -0.39 is 11.9 Å². The third kappa shape index (κ3) is 9.21. The lowest BCUT2D eigenvalue weighted by Gasteiger charge is -2.35. The number of amidine groups is 1. The highest BCUT2D eigenvalue weighted by atomic mass is 16.4. The van der Waals surface area contributed by atoms with Crippen LogP contribution in [0.1, 0.15) is 24.8 Å². The van der Waals surface area contributed by atoms with Crippen LogP contribution in [0.5, 0.6) is 0 Å². The van der Waals surface area contributed by atoms with Crippen LogP contribution in [0.15, 0.2) is 65.8 Å². The normalized spacial score (nSPS) is 15.5. The minimum absolute atomic E-state index is 0.558. The Bertz CT molecular complexity index is 1000. The molecule has 4 rings (SSSR count). The number of pyridine rings is 1. The number of carboxylic acids is 2. The van der Waals surface area contributed by atoms with Gasteiger partial charge >= 0.3 is 11.9 Å². The van der Waals surface area contributed by atoms with Crippen molar-refractivity contribution in [2.75, 3.05) is 44.2 Å². The van der Waals surface area contributed by atoms with Crippen LogP contribution in [-0.4, -0.2) is 77.1 Å². The first-order valence-corrected chi connectivity index (χ1v) is 11.9. The Morgan fingerprint density at radius 3 is 2.31 bits per heavy atom. The van der Waals surface area contributed by atoms with Crippen molar-refractivity contribution < 1.29 is 19.8 Å². The van der Waals surface area contributed by atoms with Gasteiger partial charge in [-0.15, -0.1) is 0 Å². The molecule has 1 aromatic heterocycles. The number of nitrogens with one attached hydrogen (secondary N) is 1. The summed E-state index contributed by atoms with van der Waals surface area (Å²) in [6, 6.07) is 14.6. The number of nitrogens with zero attached hydrogens (tertiary/aromatic N) is 4. The standard InChI is InChI=1S/C22H29N5.C4H4O4/c1-2-8-20-19(7-1)10-11-21(25-20)23-12-5-6-14-26-15-17-27(18-16-26)22-9-3-4-13-24-22;5-3(6)1-2-4(7)8/h1-4,7-9,13H,5-6,10-12,14-18H2,(H,23,25);1-2H,(H,5,6)(H,7,8). The van der Waals surface area contributed by atoms with E-state index in [1.165, 1.54) is 24.9 Å². The lowest BCUT2D eigenvalue weighted by Crippen LogP contribution is -2.47. The maximum absolute atomic E-state index is 9.55. The highest BCUT2D eigenvalue weighted by Gasteiger charge is 2.17. The van der Waals surface area contributed by atoms with Gasteiger partial charge < -0.3 is 20.4 Å². The molecular formula is C26H33N5O4. The Kier molecular flexibility index (Phi) is 10.3. The summed E-state index contributed by atoms with van der Waals surface area (Å²) in [5, 5.41) is 19.2. The van der Waals surface area contributed by atoms with Crippen LogP contribution in [0.3, 0.4) is 0 Å². The fraction of sp³-hybridized carbons (Fsp3) is 0.385. The summed E-state index contributed by atoms with van der Waals surface area (Å²) in [6.07, 6.45) is 7.56. The number of anilines is 1. The van der Waals surface area contributed by atoms with Crippen LogP contribution in [0.4, 0.5) is 11.5 Å². The van der Waals surface area contributed by atoms with Gasteiger partial charge in [0.1, 0.15) is 11.7 Å². The molecule has 1 fully saturated rings.